The minimum absolute atomic E-state index is 0.0949. The molecule has 0 saturated heterocycles. The van der Waals surface area contributed by atoms with Gasteiger partial charge in [-0.15, -0.1) is 0 Å². The van der Waals surface area contributed by atoms with Crippen LogP contribution in [0.1, 0.15) is 25.3 Å². The fourth-order valence-corrected chi connectivity index (χ4v) is 4.07. The van der Waals surface area contributed by atoms with Crippen LogP contribution in [0, 0.1) is 0 Å². The molecule has 31 heavy (non-hydrogen) atoms. The lowest BCUT2D eigenvalue weighted by Crippen LogP contribution is -2.20. The number of sulfonamides is 1. The monoisotopic (exact) mass is 502 g/mol. The third kappa shape index (κ3) is 6.57. The second-order valence-electron chi connectivity index (χ2n) is 7.20. The molecule has 0 aliphatic rings. The summed E-state index contributed by atoms with van der Waals surface area (Å²) in [6.07, 6.45) is 0. The average molecular weight is 503 g/mol. The first-order chi connectivity index (χ1) is 14.7. The number of rotatable bonds is 8. The number of hydrogen-bond acceptors (Lipinski definition) is 4. The van der Waals surface area contributed by atoms with Crippen molar-refractivity contribution in [2.24, 2.45) is 0 Å². The third-order valence-electron chi connectivity index (χ3n) is 4.46. The number of ether oxygens (including phenoxy) is 1. The molecule has 0 spiro atoms. The Balaban J connectivity index is 1.55. The second-order valence-corrected chi connectivity index (χ2v) is 9.80. The highest BCUT2D eigenvalue weighted by Crippen LogP contribution is 2.21. The fourth-order valence-electron chi connectivity index (χ4n) is 2.74. The Morgan fingerprint density at radius 3 is 2.06 bits per heavy atom. The first-order valence-electron chi connectivity index (χ1n) is 9.64. The van der Waals surface area contributed by atoms with Crippen LogP contribution in [0.25, 0.3) is 0 Å². The summed E-state index contributed by atoms with van der Waals surface area (Å²) in [7, 11) is -3.72. The van der Waals surface area contributed by atoms with Crippen molar-refractivity contribution in [1.29, 1.82) is 0 Å². The van der Waals surface area contributed by atoms with Gasteiger partial charge in [-0.05, 0) is 72.1 Å². The number of carbonyl (C=O) groups excluding carboxylic acids is 1. The standard InChI is InChI=1S/C23H23BrN2O4S/c1-16(2)17-3-7-19(8-4-17)25-23(27)15-30-21-11-13-22(14-12-21)31(28,29)26-20-9-5-18(24)6-10-20/h3-14,16,26H,15H2,1-2H3,(H,25,27). The van der Waals surface area contributed by atoms with Gasteiger partial charge in [0.05, 0.1) is 4.90 Å². The van der Waals surface area contributed by atoms with E-state index < -0.39 is 10.0 Å². The van der Waals surface area contributed by atoms with Gasteiger partial charge in [-0.3, -0.25) is 9.52 Å². The summed E-state index contributed by atoms with van der Waals surface area (Å²) in [5.74, 6) is 0.517. The van der Waals surface area contributed by atoms with Gasteiger partial charge in [-0.25, -0.2) is 8.42 Å². The van der Waals surface area contributed by atoms with Crippen molar-refractivity contribution in [2.45, 2.75) is 24.7 Å². The maximum absolute atomic E-state index is 12.5. The lowest BCUT2D eigenvalue weighted by Gasteiger charge is -2.11. The molecule has 0 aliphatic heterocycles. The lowest BCUT2D eigenvalue weighted by atomic mass is 10.0. The zero-order valence-corrected chi connectivity index (χ0v) is 19.5. The predicted octanol–water partition coefficient (Wildman–Crippen LogP) is 5.39. The van der Waals surface area contributed by atoms with Crippen LogP contribution in [-0.2, 0) is 14.8 Å². The van der Waals surface area contributed by atoms with Crippen molar-refractivity contribution < 1.29 is 17.9 Å². The van der Waals surface area contributed by atoms with Crippen molar-refractivity contribution >= 4 is 43.2 Å². The van der Waals surface area contributed by atoms with Crippen LogP contribution >= 0.6 is 15.9 Å². The lowest BCUT2D eigenvalue weighted by molar-refractivity contribution is -0.118. The zero-order chi connectivity index (χ0) is 22.4. The number of hydrogen-bond donors (Lipinski definition) is 2. The molecule has 0 saturated carbocycles. The molecule has 2 N–H and O–H groups in total. The molecule has 0 radical (unpaired) electrons. The number of amides is 1. The van der Waals surface area contributed by atoms with Crippen molar-refractivity contribution in [3.63, 3.8) is 0 Å². The van der Waals surface area contributed by atoms with Crippen LogP contribution in [0.15, 0.2) is 82.2 Å². The molecule has 162 valence electrons. The summed E-state index contributed by atoms with van der Waals surface area (Å²) in [6.45, 7) is 4.03. The van der Waals surface area contributed by atoms with Crippen molar-refractivity contribution in [1.82, 2.24) is 0 Å². The molecule has 0 unspecified atom stereocenters. The van der Waals surface area contributed by atoms with E-state index in [9.17, 15) is 13.2 Å². The molecule has 0 aliphatic carbocycles. The Kier molecular flexibility index (Phi) is 7.35. The molecule has 3 rings (SSSR count). The Hall–Kier alpha value is -2.84. The Morgan fingerprint density at radius 1 is 0.903 bits per heavy atom. The molecular formula is C23H23BrN2O4S. The summed E-state index contributed by atoms with van der Waals surface area (Å²) in [5, 5.41) is 2.77. The normalized spacial score (nSPS) is 11.2. The van der Waals surface area contributed by atoms with Crippen LogP contribution in [0.2, 0.25) is 0 Å². The third-order valence-corrected chi connectivity index (χ3v) is 6.39. The molecule has 3 aromatic rings. The first kappa shape index (κ1) is 22.8. The fraction of sp³-hybridized carbons (Fsp3) is 0.174. The molecule has 8 heteroatoms. The molecule has 0 fully saturated rings. The van der Waals surface area contributed by atoms with Gasteiger partial charge in [0.15, 0.2) is 6.61 Å². The van der Waals surface area contributed by atoms with Crippen LogP contribution in [-0.4, -0.2) is 20.9 Å². The molecular weight excluding hydrogens is 480 g/mol. The highest BCUT2D eigenvalue weighted by Gasteiger charge is 2.14. The predicted molar refractivity (Wildman–Crippen MR) is 126 cm³/mol. The zero-order valence-electron chi connectivity index (χ0n) is 17.1. The van der Waals surface area contributed by atoms with Gasteiger partial charge < -0.3 is 10.1 Å². The summed E-state index contributed by atoms with van der Waals surface area (Å²) < 4.78 is 33.9. The van der Waals surface area contributed by atoms with Gasteiger partial charge in [-0.1, -0.05) is 41.9 Å². The van der Waals surface area contributed by atoms with E-state index in [1.165, 1.54) is 29.8 Å². The van der Waals surface area contributed by atoms with E-state index in [-0.39, 0.29) is 17.4 Å². The van der Waals surface area contributed by atoms with Crippen molar-refractivity contribution in [2.75, 3.05) is 16.6 Å². The molecule has 0 aromatic heterocycles. The SMILES string of the molecule is CC(C)c1ccc(NC(=O)COc2ccc(S(=O)(=O)Nc3ccc(Br)cc3)cc2)cc1. The number of anilines is 2. The number of halogens is 1. The van der Waals surface area contributed by atoms with Gasteiger partial charge in [0.2, 0.25) is 0 Å². The topological polar surface area (TPSA) is 84.5 Å². The van der Waals surface area contributed by atoms with Crippen LogP contribution in [0.3, 0.4) is 0 Å². The minimum atomic E-state index is -3.72. The second kappa shape index (κ2) is 9.98. The summed E-state index contributed by atoms with van der Waals surface area (Å²) in [4.78, 5) is 12.2. The number of nitrogens with one attached hydrogen (secondary N) is 2. The van der Waals surface area contributed by atoms with E-state index in [0.29, 0.717) is 23.0 Å². The largest absolute Gasteiger partial charge is 0.484 e. The van der Waals surface area contributed by atoms with E-state index >= 15 is 0 Å². The van der Waals surface area contributed by atoms with Crippen LogP contribution in [0.4, 0.5) is 11.4 Å². The highest BCUT2D eigenvalue weighted by molar-refractivity contribution is 9.10. The minimum Gasteiger partial charge on any atom is -0.484 e. The van der Waals surface area contributed by atoms with Gasteiger partial charge in [0, 0.05) is 15.8 Å². The summed E-state index contributed by atoms with van der Waals surface area (Å²) in [6, 6.07) is 20.4. The van der Waals surface area contributed by atoms with E-state index in [1.807, 2.05) is 24.3 Å². The molecule has 3 aromatic carbocycles. The van der Waals surface area contributed by atoms with Gasteiger partial charge in [0.25, 0.3) is 15.9 Å². The maximum atomic E-state index is 12.5. The van der Waals surface area contributed by atoms with Crippen molar-refractivity contribution in [3.8, 4) is 5.75 Å². The van der Waals surface area contributed by atoms with E-state index in [1.54, 1.807) is 24.3 Å². The first-order valence-corrected chi connectivity index (χ1v) is 11.9. The molecule has 1 amide bonds. The average Bonchev–Trinajstić information content (AvgIpc) is 2.74. The summed E-state index contributed by atoms with van der Waals surface area (Å²) in [5.41, 5.74) is 2.35. The molecule has 0 bridgehead atoms. The Morgan fingerprint density at radius 2 is 1.48 bits per heavy atom. The highest BCUT2D eigenvalue weighted by atomic mass is 79.9. The van der Waals surface area contributed by atoms with Crippen LogP contribution in [0.5, 0.6) is 5.75 Å². The van der Waals surface area contributed by atoms with Crippen LogP contribution < -0.4 is 14.8 Å². The maximum Gasteiger partial charge on any atom is 0.262 e. The van der Waals surface area contributed by atoms with E-state index in [0.717, 1.165) is 4.47 Å². The number of benzene rings is 3. The van der Waals surface area contributed by atoms with E-state index in [4.69, 9.17) is 4.74 Å². The number of carbonyl (C=O) groups is 1. The van der Waals surface area contributed by atoms with E-state index in [2.05, 4.69) is 39.8 Å². The van der Waals surface area contributed by atoms with Gasteiger partial charge >= 0.3 is 0 Å². The van der Waals surface area contributed by atoms with Gasteiger partial charge in [-0.2, -0.15) is 0 Å². The van der Waals surface area contributed by atoms with Gasteiger partial charge in [0.1, 0.15) is 5.75 Å². The Bertz CT molecular complexity index is 1130. The molecule has 0 atom stereocenters. The molecule has 6 nitrogen and oxygen atoms in total. The van der Waals surface area contributed by atoms with Crippen molar-refractivity contribution in [3.05, 3.63) is 82.8 Å². The molecule has 0 heterocycles. The smallest absolute Gasteiger partial charge is 0.262 e. The summed E-state index contributed by atoms with van der Waals surface area (Å²) >= 11 is 3.31. The Labute approximate surface area is 190 Å². The quantitative estimate of drug-likeness (QED) is 0.432.